The highest BCUT2D eigenvalue weighted by atomic mass is 32.2. The number of nitrogens with one attached hydrogen (secondary N) is 1. The maximum absolute atomic E-state index is 12.1. The van der Waals surface area contributed by atoms with E-state index in [0.29, 0.717) is 10.6 Å². The lowest BCUT2D eigenvalue weighted by Crippen LogP contribution is -2.36. The van der Waals surface area contributed by atoms with Crippen LogP contribution >= 0.6 is 23.1 Å². The van der Waals surface area contributed by atoms with E-state index in [-0.39, 0.29) is 5.56 Å². The normalized spacial score (nSPS) is 11.2. The zero-order valence-electron chi connectivity index (χ0n) is 13.6. The number of nitrogens with zero attached hydrogens (tertiary/aromatic N) is 1. The van der Waals surface area contributed by atoms with E-state index in [0.717, 1.165) is 10.7 Å². The van der Waals surface area contributed by atoms with Gasteiger partial charge in [-0.2, -0.15) is 13.2 Å². The Morgan fingerprint density at radius 2 is 2.04 bits per heavy atom. The highest BCUT2D eigenvalue weighted by Crippen LogP contribution is 2.27. The van der Waals surface area contributed by atoms with Crippen LogP contribution in [0.3, 0.4) is 0 Å². The van der Waals surface area contributed by atoms with Crippen molar-refractivity contribution in [3.63, 3.8) is 0 Å². The van der Waals surface area contributed by atoms with E-state index in [1.807, 2.05) is 12.3 Å². The molecule has 1 N–H and O–H groups in total. The molecule has 0 atom stereocenters. The van der Waals surface area contributed by atoms with Crippen LogP contribution in [0.2, 0.25) is 0 Å². The molecule has 1 aromatic heterocycles. The van der Waals surface area contributed by atoms with Crippen LogP contribution in [0.1, 0.15) is 21.1 Å². The largest absolute Gasteiger partial charge is 0.452 e. The predicted molar refractivity (Wildman–Crippen MR) is 92.2 cm³/mol. The molecule has 0 spiro atoms. The summed E-state index contributed by atoms with van der Waals surface area (Å²) < 4.78 is 40.9. The van der Waals surface area contributed by atoms with Gasteiger partial charge in [0, 0.05) is 16.0 Å². The van der Waals surface area contributed by atoms with Gasteiger partial charge in [-0.25, -0.2) is 9.78 Å². The summed E-state index contributed by atoms with van der Waals surface area (Å²) in [6.07, 6.45) is -4.52. The Morgan fingerprint density at radius 3 is 2.69 bits per heavy atom. The number of aryl methyl sites for hydroxylation is 1. The molecule has 5 nitrogen and oxygen atoms in total. The highest BCUT2D eigenvalue weighted by molar-refractivity contribution is 7.98. The number of aromatic nitrogens is 1. The molecule has 1 heterocycles. The minimum atomic E-state index is -4.52. The molecule has 0 saturated carbocycles. The third-order valence-electron chi connectivity index (χ3n) is 2.97. The van der Waals surface area contributed by atoms with E-state index < -0.39 is 31.2 Å². The number of amides is 1. The molecular weight excluding hydrogens is 389 g/mol. The van der Waals surface area contributed by atoms with Gasteiger partial charge in [0.15, 0.2) is 6.61 Å². The van der Waals surface area contributed by atoms with Gasteiger partial charge in [-0.1, -0.05) is 12.1 Å². The lowest BCUT2D eigenvalue weighted by molar-refractivity contribution is -0.140. The molecule has 10 heteroatoms. The average molecular weight is 404 g/mol. The van der Waals surface area contributed by atoms with Crippen LogP contribution in [-0.4, -0.2) is 36.2 Å². The molecular formula is C16H15F3N2O3S2. The van der Waals surface area contributed by atoms with E-state index in [2.05, 4.69) is 4.98 Å². The number of thioether (sulfide) groups is 1. The Kier molecular flexibility index (Phi) is 7.04. The SMILES string of the molecule is Cc1nc(CSc2ccccc2C(=O)OCC(=O)NCC(F)(F)F)cs1. The fraction of sp³-hybridized carbons (Fsp3) is 0.312. The molecule has 0 aliphatic carbocycles. The maximum Gasteiger partial charge on any atom is 0.405 e. The number of halogens is 3. The first-order valence-corrected chi connectivity index (χ1v) is 9.24. The molecule has 0 radical (unpaired) electrons. The summed E-state index contributed by atoms with van der Waals surface area (Å²) in [6, 6.07) is 6.65. The van der Waals surface area contributed by atoms with Gasteiger partial charge in [0.05, 0.1) is 16.3 Å². The summed E-state index contributed by atoms with van der Waals surface area (Å²) in [6.45, 7) is -0.351. The zero-order chi connectivity index (χ0) is 19.2. The molecule has 26 heavy (non-hydrogen) atoms. The molecule has 1 aromatic carbocycles. The smallest absolute Gasteiger partial charge is 0.405 e. The second kappa shape index (κ2) is 9.04. The summed E-state index contributed by atoms with van der Waals surface area (Å²) in [7, 11) is 0. The summed E-state index contributed by atoms with van der Waals surface area (Å²) in [4.78, 5) is 28.4. The number of hydrogen-bond donors (Lipinski definition) is 1. The molecule has 1 amide bonds. The third-order valence-corrected chi connectivity index (χ3v) is 4.90. The maximum atomic E-state index is 12.1. The van der Waals surface area contributed by atoms with Gasteiger partial charge in [0.2, 0.25) is 0 Å². The number of ether oxygens (including phenoxy) is 1. The molecule has 0 unspecified atom stereocenters. The monoisotopic (exact) mass is 404 g/mol. The Bertz CT molecular complexity index is 778. The van der Waals surface area contributed by atoms with E-state index in [9.17, 15) is 22.8 Å². The third kappa shape index (κ3) is 6.68. The standard InChI is InChI=1S/C16H15F3N2O3S2/c1-10-21-11(7-25-10)8-26-13-5-3-2-4-12(13)15(23)24-6-14(22)20-9-16(17,18)19/h2-5,7H,6,8-9H2,1H3,(H,20,22). The van der Waals surface area contributed by atoms with Gasteiger partial charge < -0.3 is 10.1 Å². The quantitative estimate of drug-likeness (QED) is 0.564. The van der Waals surface area contributed by atoms with Gasteiger partial charge in [-0.15, -0.1) is 23.1 Å². The number of rotatable bonds is 7. The van der Waals surface area contributed by atoms with Crippen molar-refractivity contribution in [1.82, 2.24) is 10.3 Å². The van der Waals surface area contributed by atoms with E-state index in [1.165, 1.54) is 29.2 Å². The molecule has 0 saturated heterocycles. The van der Waals surface area contributed by atoms with Gasteiger partial charge in [-0.3, -0.25) is 4.79 Å². The zero-order valence-corrected chi connectivity index (χ0v) is 15.3. The van der Waals surface area contributed by atoms with E-state index >= 15 is 0 Å². The Balaban J connectivity index is 1.91. The Morgan fingerprint density at radius 1 is 1.31 bits per heavy atom. The number of alkyl halides is 3. The molecule has 0 bridgehead atoms. The number of benzene rings is 1. The Hall–Kier alpha value is -2.07. The van der Waals surface area contributed by atoms with Crippen molar-refractivity contribution in [2.45, 2.75) is 23.7 Å². The lowest BCUT2D eigenvalue weighted by Gasteiger charge is -2.10. The van der Waals surface area contributed by atoms with Gasteiger partial charge in [0.25, 0.3) is 5.91 Å². The predicted octanol–water partition coefficient (Wildman–Crippen LogP) is 3.58. The molecule has 0 aliphatic heterocycles. The first-order valence-electron chi connectivity index (χ1n) is 7.38. The van der Waals surface area contributed by atoms with Crippen LogP contribution in [0.15, 0.2) is 34.5 Å². The van der Waals surface area contributed by atoms with E-state index in [4.69, 9.17) is 4.74 Å². The molecule has 2 aromatic rings. The molecule has 140 valence electrons. The molecule has 0 fully saturated rings. The summed E-state index contributed by atoms with van der Waals surface area (Å²) in [5.41, 5.74) is 1.13. The lowest BCUT2D eigenvalue weighted by atomic mass is 10.2. The van der Waals surface area contributed by atoms with Crippen LogP contribution in [0.4, 0.5) is 13.2 Å². The van der Waals surface area contributed by atoms with Crippen molar-refractivity contribution < 1.29 is 27.5 Å². The van der Waals surface area contributed by atoms with Gasteiger partial charge in [0.1, 0.15) is 6.54 Å². The minimum Gasteiger partial charge on any atom is -0.452 e. The fourth-order valence-corrected chi connectivity index (χ4v) is 3.50. The van der Waals surface area contributed by atoms with Crippen molar-refractivity contribution in [3.8, 4) is 0 Å². The van der Waals surface area contributed by atoms with Crippen LogP contribution in [0, 0.1) is 6.92 Å². The number of hydrogen-bond acceptors (Lipinski definition) is 6. The number of carbonyl (C=O) groups is 2. The summed E-state index contributed by atoms with van der Waals surface area (Å²) in [5, 5.41) is 4.51. The van der Waals surface area contributed by atoms with Gasteiger partial charge >= 0.3 is 12.1 Å². The van der Waals surface area contributed by atoms with Crippen LogP contribution < -0.4 is 5.32 Å². The number of esters is 1. The topological polar surface area (TPSA) is 68.3 Å². The van der Waals surface area contributed by atoms with Crippen molar-refractivity contribution in [1.29, 1.82) is 0 Å². The van der Waals surface area contributed by atoms with Crippen LogP contribution in [-0.2, 0) is 15.3 Å². The summed E-state index contributed by atoms with van der Waals surface area (Å²) in [5.74, 6) is -1.23. The second-order valence-electron chi connectivity index (χ2n) is 5.11. The van der Waals surface area contributed by atoms with E-state index in [1.54, 1.807) is 23.5 Å². The first kappa shape index (κ1) is 20.2. The molecule has 0 aliphatic rings. The Labute approximate surface area is 156 Å². The fourth-order valence-electron chi connectivity index (χ4n) is 1.85. The van der Waals surface area contributed by atoms with Crippen molar-refractivity contribution in [3.05, 3.63) is 45.9 Å². The summed E-state index contributed by atoms with van der Waals surface area (Å²) >= 11 is 2.91. The van der Waals surface area contributed by atoms with Crippen molar-refractivity contribution >= 4 is 35.0 Å². The van der Waals surface area contributed by atoms with Crippen molar-refractivity contribution in [2.75, 3.05) is 13.2 Å². The first-order chi connectivity index (χ1) is 12.2. The molecule has 2 rings (SSSR count). The van der Waals surface area contributed by atoms with Crippen LogP contribution in [0.25, 0.3) is 0 Å². The number of thiazole rings is 1. The number of carbonyl (C=O) groups excluding carboxylic acids is 2. The van der Waals surface area contributed by atoms with Crippen LogP contribution in [0.5, 0.6) is 0 Å². The second-order valence-corrected chi connectivity index (χ2v) is 7.19. The highest BCUT2D eigenvalue weighted by Gasteiger charge is 2.27. The van der Waals surface area contributed by atoms with Gasteiger partial charge in [-0.05, 0) is 19.1 Å². The van der Waals surface area contributed by atoms with Crippen molar-refractivity contribution in [2.24, 2.45) is 0 Å². The minimum absolute atomic E-state index is 0.244. The average Bonchev–Trinajstić information content (AvgIpc) is 3.01.